The number of nitrogens with zero attached hydrogens (tertiary/aromatic N) is 1. The monoisotopic (exact) mass is 458 g/mol. The summed E-state index contributed by atoms with van der Waals surface area (Å²) in [4.78, 5) is 15.1. The fourth-order valence-corrected chi connectivity index (χ4v) is 3.75. The van der Waals surface area contributed by atoms with Crippen LogP contribution >= 0.6 is 22.6 Å². The van der Waals surface area contributed by atoms with E-state index in [0.29, 0.717) is 12.0 Å². The summed E-state index contributed by atoms with van der Waals surface area (Å²) >= 11 is 2.15. The highest BCUT2D eigenvalue weighted by atomic mass is 127. The summed E-state index contributed by atoms with van der Waals surface area (Å²) in [6.07, 6.45) is 2.04. The van der Waals surface area contributed by atoms with E-state index in [1.807, 2.05) is 6.92 Å². The van der Waals surface area contributed by atoms with Crippen molar-refractivity contribution in [3.05, 3.63) is 59.2 Å². The van der Waals surface area contributed by atoms with Crippen LogP contribution in [-0.2, 0) is 14.8 Å². The van der Waals surface area contributed by atoms with Gasteiger partial charge in [0.2, 0.25) is 0 Å². The number of nitrogens with one attached hydrogen (secondary N) is 1. The molecule has 24 heavy (non-hydrogen) atoms. The SMILES string of the molecule is Cc1ccc(S(=O)(=O)N=c2[nH]cccc2C(C)C(=O)CCI)cc1. The molecular formula is C17H19IN2O3S. The Morgan fingerprint density at radius 3 is 2.54 bits per heavy atom. The molecule has 1 heterocycles. The highest BCUT2D eigenvalue weighted by Crippen LogP contribution is 2.16. The molecule has 2 aromatic rings. The maximum absolute atomic E-state index is 12.5. The number of alkyl halides is 1. The Labute approximate surface area is 155 Å². The van der Waals surface area contributed by atoms with Crippen molar-refractivity contribution in [1.82, 2.24) is 4.98 Å². The standard InChI is InChI=1S/C17H19IN2O3S/c1-12-5-7-14(8-6-12)24(22,23)20-17-15(4-3-11-19-17)13(2)16(21)9-10-18/h3-8,11,13H,9-10H2,1-2H3,(H,19,20). The predicted molar refractivity (Wildman–Crippen MR) is 102 cm³/mol. The molecule has 0 spiro atoms. The summed E-state index contributed by atoms with van der Waals surface area (Å²) in [5.41, 5.74) is 1.76. The molecule has 0 saturated carbocycles. The summed E-state index contributed by atoms with van der Waals surface area (Å²) in [6.45, 7) is 3.66. The first-order chi connectivity index (χ1) is 11.3. The van der Waals surface area contributed by atoms with E-state index in [0.717, 1.165) is 9.99 Å². The highest BCUT2D eigenvalue weighted by Gasteiger charge is 2.18. The predicted octanol–water partition coefficient (Wildman–Crippen LogP) is 3.11. The van der Waals surface area contributed by atoms with Crippen LogP contribution in [0.4, 0.5) is 0 Å². The molecule has 0 radical (unpaired) electrons. The molecule has 7 heteroatoms. The molecule has 0 fully saturated rings. The fraction of sp³-hybridized carbons (Fsp3) is 0.294. The fourth-order valence-electron chi connectivity index (χ4n) is 2.24. The van der Waals surface area contributed by atoms with Crippen molar-refractivity contribution in [1.29, 1.82) is 0 Å². The van der Waals surface area contributed by atoms with Gasteiger partial charge < -0.3 is 4.98 Å². The first-order valence-corrected chi connectivity index (χ1v) is 10.5. The average molecular weight is 458 g/mol. The van der Waals surface area contributed by atoms with Crippen LogP contribution in [0.3, 0.4) is 0 Å². The third-order valence-corrected chi connectivity index (χ3v) is 5.52. The number of carbonyl (C=O) groups excluding carboxylic acids is 1. The Balaban J connectivity index is 2.50. The van der Waals surface area contributed by atoms with Gasteiger partial charge in [-0.05, 0) is 25.1 Å². The smallest absolute Gasteiger partial charge is 0.284 e. The third-order valence-electron chi connectivity index (χ3n) is 3.69. The molecule has 1 unspecified atom stereocenters. The van der Waals surface area contributed by atoms with Crippen LogP contribution in [0.2, 0.25) is 0 Å². The van der Waals surface area contributed by atoms with Gasteiger partial charge in [0.05, 0.1) is 4.90 Å². The molecule has 0 bridgehead atoms. The zero-order valence-electron chi connectivity index (χ0n) is 13.5. The Bertz CT molecular complexity index is 887. The molecule has 0 aliphatic heterocycles. The Kier molecular flexibility index (Phi) is 6.34. The minimum atomic E-state index is -3.84. The zero-order chi connectivity index (χ0) is 17.7. The van der Waals surface area contributed by atoms with E-state index in [9.17, 15) is 13.2 Å². The normalized spacial score (nSPS) is 13.7. The van der Waals surface area contributed by atoms with Gasteiger partial charge in [0.15, 0.2) is 0 Å². The quantitative estimate of drug-likeness (QED) is 0.534. The van der Waals surface area contributed by atoms with E-state index in [-0.39, 0.29) is 16.2 Å². The number of halogens is 1. The number of hydrogen-bond donors (Lipinski definition) is 1. The van der Waals surface area contributed by atoms with E-state index >= 15 is 0 Å². The number of Topliss-reactive ketones (excluding diaryl/α,β-unsaturated/α-hetero) is 1. The van der Waals surface area contributed by atoms with Gasteiger partial charge in [0.1, 0.15) is 11.3 Å². The second-order valence-corrected chi connectivity index (χ2v) is 8.16. The maximum Gasteiger partial charge on any atom is 0.284 e. The highest BCUT2D eigenvalue weighted by molar-refractivity contribution is 14.1. The van der Waals surface area contributed by atoms with Gasteiger partial charge in [-0.2, -0.15) is 8.42 Å². The van der Waals surface area contributed by atoms with Crippen molar-refractivity contribution < 1.29 is 13.2 Å². The molecule has 0 aliphatic rings. The van der Waals surface area contributed by atoms with Crippen LogP contribution < -0.4 is 5.49 Å². The summed E-state index contributed by atoms with van der Waals surface area (Å²) in [5, 5.41) is 0. The topological polar surface area (TPSA) is 79.4 Å². The van der Waals surface area contributed by atoms with Crippen molar-refractivity contribution >= 4 is 38.4 Å². The number of ketones is 1. The lowest BCUT2D eigenvalue weighted by Gasteiger charge is -2.10. The second kappa shape index (κ2) is 8.06. The van der Waals surface area contributed by atoms with Crippen molar-refractivity contribution in [2.24, 2.45) is 4.40 Å². The second-order valence-electron chi connectivity index (χ2n) is 5.48. The molecule has 2 rings (SSSR count). The minimum absolute atomic E-state index is 0.0631. The zero-order valence-corrected chi connectivity index (χ0v) is 16.5. The lowest BCUT2D eigenvalue weighted by Crippen LogP contribution is -2.22. The molecule has 128 valence electrons. The van der Waals surface area contributed by atoms with Gasteiger partial charge in [0.25, 0.3) is 10.0 Å². The number of carbonyl (C=O) groups is 1. The summed E-state index contributed by atoms with van der Waals surface area (Å²) < 4.78 is 29.7. The number of benzene rings is 1. The lowest BCUT2D eigenvalue weighted by atomic mass is 9.96. The number of hydrogen-bond acceptors (Lipinski definition) is 3. The molecule has 1 aromatic heterocycles. The van der Waals surface area contributed by atoms with Crippen LogP contribution in [0, 0.1) is 6.92 Å². The summed E-state index contributed by atoms with van der Waals surface area (Å²) in [6, 6.07) is 9.98. The number of pyridine rings is 1. The van der Waals surface area contributed by atoms with E-state index in [1.165, 1.54) is 12.1 Å². The first-order valence-electron chi connectivity index (χ1n) is 7.49. The Hall–Kier alpha value is -1.48. The number of aryl methyl sites for hydroxylation is 1. The molecule has 1 aromatic carbocycles. The third kappa shape index (κ3) is 4.54. The van der Waals surface area contributed by atoms with E-state index in [2.05, 4.69) is 32.0 Å². The molecule has 0 amide bonds. The lowest BCUT2D eigenvalue weighted by molar-refractivity contribution is -0.119. The van der Waals surface area contributed by atoms with Crippen molar-refractivity contribution in [3.8, 4) is 0 Å². The molecule has 5 nitrogen and oxygen atoms in total. The van der Waals surface area contributed by atoms with E-state index in [1.54, 1.807) is 37.4 Å². The van der Waals surface area contributed by atoms with Crippen molar-refractivity contribution in [2.45, 2.75) is 31.1 Å². The van der Waals surface area contributed by atoms with Crippen LogP contribution in [0.1, 0.15) is 30.4 Å². The van der Waals surface area contributed by atoms with Gasteiger partial charge >= 0.3 is 0 Å². The average Bonchev–Trinajstić information content (AvgIpc) is 2.55. The van der Waals surface area contributed by atoms with E-state index < -0.39 is 15.9 Å². The molecule has 1 atom stereocenters. The van der Waals surface area contributed by atoms with Crippen molar-refractivity contribution in [2.75, 3.05) is 4.43 Å². The molecule has 0 aliphatic carbocycles. The first kappa shape index (κ1) is 18.9. The van der Waals surface area contributed by atoms with Gasteiger partial charge in [-0.15, -0.1) is 4.40 Å². The number of aromatic nitrogens is 1. The number of H-pyrrole nitrogens is 1. The molecule has 1 N–H and O–H groups in total. The number of aromatic amines is 1. The molecule has 0 saturated heterocycles. The summed E-state index contributed by atoms with van der Waals surface area (Å²) in [5.74, 6) is -0.350. The van der Waals surface area contributed by atoms with Crippen LogP contribution in [0.5, 0.6) is 0 Å². The minimum Gasteiger partial charge on any atom is -0.346 e. The van der Waals surface area contributed by atoms with Crippen LogP contribution in [-0.4, -0.2) is 23.6 Å². The van der Waals surface area contributed by atoms with Gasteiger partial charge in [-0.3, -0.25) is 4.79 Å². The van der Waals surface area contributed by atoms with Crippen LogP contribution in [0.25, 0.3) is 0 Å². The van der Waals surface area contributed by atoms with Crippen LogP contribution in [0.15, 0.2) is 51.9 Å². The Morgan fingerprint density at radius 2 is 1.92 bits per heavy atom. The molecular weight excluding hydrogens is 439 g/mol. The Morgan fingerprint density at radius 1 is 1.25 bits per heavy atom. The van der Waals surface area contributed by atoms with Gasteiger partial charge in [0, 0.05) is 28.5 Å². The van der Waals surface area contributed by atoms with Gasteiger partial charge in [-0.1, -0.05) is 53.3 Å². The van der Waals surface area contributed by atoms with E-state index in [4.69, 9.17) is 0 Å². The number of rotatable bonds is 6. The largest absolute Gasteiger partial charge is 0.346 e. The van der Waals surface area contributed by atoms with Crippen molar-refractivity contribution in [3.63, 3.8) is 0 Å². The van der Waals surface area contributed by atoms with Gasteiger partial charge in [-0.25, -0.2) is 0 Å². The summed E-state index contributed by atoms with van der Waals surface area (Å²) in [7, 11) is -3.84. The number of sulfonamides is 1. The maximum atomic E-state index is 12.5.